The molecule has 16 aromatic rings. The largest absolute Gasteiger partial charge is 0.506 e. The molecule has 0 aliphatic heterocycles. The van der Waals surface area contributed by atoms with Gasteiger partial charge in [0.05, 0.1) is 98.0 Å². The molecule has 788 valence electrons. The topological polar surface area (TPSA) is 211 Å². The van der Waals surface area contributed by atoms with Crippen molar-refractivity contribution in [2.45, 2.75) is 96.6 Å². The number of aromatic amines is 2. The smallest absolute Gasteiger partial charge is 0.435 e. The second kappa shape index (κ2) is 44.8. The number of benzene rings is 12. The van der Waals surface area contributed by atoms with E-state index < -0.39 is 138 Å². The molecule has 4 heterocycles. The lowest BCUT2D eigenvalue weighted by atomic mass is 9.94. The first kappa shape index (κ1) is 114. The molecule has 4 aromatic heterocycles. The number of nitrogens with zero attached hydrogens (tertiary/aromatic N) is 6. The van der Waals surface area contributed by atoms with Gasteiger partial charge >= 0.3 is 49.4 Å². The summed E-state index contributed by atoms with van der Waals surface area (Å²) < 4.78 is 347. The lowest BCUT2D eigenvalue weighted by molar-refractivity contribution is -0.144. The van der Waals surface area contributed by atoms with Gasteiger partial charge in [0.2, 0.25) is 0 Å². The third-order valence-electron chi connectivity index (χ3n) is 22.2. The Morgan fingerprint density at radius 1 is 0.280 bits per heavy atom. The summed E-state index contributed by atoms with van der Waals surface area (Å²) in [5, 5.41) is 62.5. The lowest BCUT2D eigenvalue weighted by Gasteiger charge is -2.20. The fraction of sp³-hybridized carbons (Fsp3) is 0.168. The summed E-state index contributed by atoms with van der Waals surface area (Å²) in [6.45, 7) is 4.45. The zero-order chi connectivity index (χ0) is 110. The number of ether oxygens (including phenoxy) is 4. The van der Waals surface area contributed by atoms with Gasteiger partial charge in [0.25, 0.3) is 0 Å². The predicted molar refractivity (Wildman–Crippen MR) is 516 cm³/mol. The maximum absolute atomic E-state index is 13.6. The van der Waals surface area contributed by atoms with Crippen molar-refractivity contribution in [3.8, 4) is 136 Å². The van der Waals surface area contributed by atoms with E-state index in [-0.39, 0.29) is 144 Å². The number of aromatic hydroxyl groups is 4. The number of alkyl halides is 24. The number of nitrogens with one attached hydrogen (secondary N) is 2. The van der Waals surface area contributed by atoms with Crippen molar-refractivity contribution in [1.82, 2.24) is 40.0 Å². The number of hydrogen-bond acceptors (Lipinski definition) is 12. The van der Waals surface area contributed by atoms with Gasteiger partial charge in [-0.3, -0.25) is 19.6 Å². The van der Waals surface area contributed by atoms with Crippen LogP contribution in [-0.4, -0.2) is 60.4 Å². The molecule has 0 aliphatic rings. The van der Waals surface area contributed by atoms with Crippen molar-refractivity contribution >= 4 is 104 Å². The normalized spacial score (nSPS) is 12.1. The molecule has 16 nitrogen and oxygen atoms in total. The summed E-state index contributed by atoms with van der Waals surface area (Å²) in [5.74, 6) is -2.60. The molecule has 150 heavy (non-hydrogen) atoms. The first-order valence-electron chi connectivity index (χ1n) is 42.5. The zero-order valence-electron chi connectivity index (χ0n) is 76.2. The lowest BCUT2D eigenvalue weighted by Crippen LogP contribution is -2.11. The van der Waals surface area contributed by atoms with E-state index in [4.69, 9.17) is 123 Å². The van der Waals surface area contributed by atoms with Crippen LogP contribution < -0.4 is 18.9 Å². The monoisotopic (exact) mass is 2290 g/mol. The summed E-state index contributed by atoms with van der Waals surface area (Å²) in [4.78, 5) is 0. The van der Waals surface area contributed by atoms with Gasteiger partial charge in [-0.15, -0.1) is 0 Å². The number of aryl methyl sites for hydroxylation is 5. The van der Waals surface area contributed by atoms with Gasteiger partial charge in [0, 0.05) is 56.9 Å². The number of aromatic nitrogens is 8. The molecule has 0 amide bonds. The Morgan fingerprint density at radius 3 is 0.893 bits per heavy atom. The number of hydrogen-bond donors (Lipinski definition) is 6. The second-order valence-corrected chi connectivity index (χ2v) is 36.4. The number of halogens is 33. The van der Waals surface area contributed by atoms with Crippen LogP contribution in [0.5, 0.6) is 46.0 Å². The zero-order valence-corrected chi connectivity index (χ0v) is 83.0. The van der Waals surface area contributed by atoms with Crippen molar-refractivity contribution in [3.63, 3.8) is 0 Å². The van der Waals surface area contributed by atoms with Gasteiger partial charge in [-0.2, -0.15) is 126 Å². The first-order valence-corrected chi connectivity index (χ1v) is 45.9. The van der Waals surface area contributed by atoms with Crippen LogP contribution in [0.15, 0.2) is 218 Å². The van der Waals surface area contributed by atoms with Gasteiger partial charge < -0.3 is 39.4 Å². The van der Waals surface area contributed by atoms with Gasteiger partial charge in [-0.05, 0) is 221 Å². The van der Waals surface area contributed by atoms with Gasteiger partial charge in [-0.1, -0.05) is 177 Å². The van der Waals surface area contributed by atoms with E-state index in [0.29, 0.717) is 81.9 Å². The summed E-state index contributed by atoms with van der Waals surface area (Å²) in [5.41, 5.74) is -8.49. The molecule has 0 unspecified atom stereocenters. The Hall–Kier alpha value is -13.2. The van der Waals surface area contributed by atoms with Crippen molar-refractivity contribution < 1.29 is 145 Å². The standard InChI is InChI=1S/2C26H18Cl2F6N2O2.C25H16Cl2F6N2O2.C24H13Cl3F6N2O2/c1-13-9-17(20-11-21(26(32,33)34)35-36(20)2)23(37)22(15-5-8-19(28)18(10-15)25(29,30)31)24(13)38-12-14-3-6-16(27)7-4-14;1-13-9-17(20-11-21(26(32,33)34)36(2)35-20)23(37)22(15-5-8-19(28)18(10-15)25(29,30)31)24(13)38-12-14-3-6-16(27)7-4-14;1-12-8-16(19-10-20(35-34-19)25(31,32)33)22(36)21(14-4-7-18(27)17(9-14)24(28,29)30)23(12)37-11-13-2-5-15(26)6-3-13;25-13-4-1-11(2-5-13)10-37-18-8-16(27)21(17-9-19(35-34-17)24(31,32)33)22(36)20(18)12-3-6-15(26)14(7-12)23(28,29)30/h2*3-11,37H,12H2,1-2H3;2-10,36H,11H2,1H3,(H,34,35);1-9,36H,10H2,(H,34,35). The minimum atomic E-state index is -4.83. The van der Waals surface area contributed by atoms with Crippen LogP contribution in [0.4, 0.5) is 105 Å². The van der Waals surface area contributed by atoms with Crippen LogP contribution in [0.2, 0.25) is 45.2 Å². The molecular weight excluding hydrogens is 2230 g/mol. The molecule has 6 N–H and O–H groups in total. The van der Waals surface area contributed by atoms with Crippen LogP contribution >= 0.6 is 104 Å². The minimum Gasteiger partial charge on any atom is -0.506 e. The highest BCUT2D eigenvalue weighted by molar-refractivity contribution is 6.35. The van der Waals surface area contributed by atoms with Crippen LogP contribution in [-0.2, 0) is 89.9 Å². The molecule has 0 aliphatic carbocycles. The summed E-state index contributed by atoms with van der Waals surface area (Å²) in [6, 6.07) is 46.3. The van der Waals surface area contributed by atoms with Crippen molar-refractivity contribution in [2.75, 3.05) is 0 Å². The van der Waals surface area contributed by atoms with E-state index in [1.54, 1.807) is 118 Å². The molecule has 0 saturated carbocycles. The minimum absolute atomic E-state index is 0.0261. The Balaban J connectivity index is 0.000000167. The van der Waals surface area contributed by atoms with E-state index >= 15 is 0 Å². The number of rotatable bonds is 20. The highest BCUT2D eigenvalue weighted by Crippen LogP contribution is 2.56. The predicted octanol–water partition coefficient (Wildman–Crippen LogP) is 35.1. The number of phenols is 4. The number of phenolic OH excluding ortho intramolecular Hbond substituents is 4. The molecule has 0 bridgehead atoms. The van der Waals surface area contributed by atoms with Crippen molar-refractivity contribution in [3.05, 3.63) is 348 Å². The van der Waals surface area contributed by atoms with Crippen LogP contribution in [0.25, 0.3) is 89.5 Å². The number of H-pyrrole nitrogens is 2. The van der Waals surface area contributed by atoms with E-state index in [2.05, 4.69) is 20.4 Å². The molecule has 0 saturated heterocycles. The molecule has 0 atom stereocenters. The van der Waals surface area contributed by atoms with Gasteiger partial charge in [0.1, 0.15) is 89.5 Å². The SMILES string of the molecule is Cc1cc(-c2cc(C(F)(F)F)[nH]n2)c(O)c(-c2ccc(Cl)c(C(F)(F)F)c2)c1OCc1ccc(Cl)cc1.Cc1cc(-c2cc(C(F)(F)F)n(C)n2)c(O)c(-c2ccc(Cl)c(C(F)(F)F)c2)c1OCc1ccc(Cl)cc1.Cc1cc(-c2cc(C(F)(F)F)nn2C)c(O)c(-c2ccc(Cl)c(C(F)(F)F)c2)c1OCc1ccc(Cl)cc1.Oc1c(-c2cc(C(F)(F)F)[nH]n2)c(Cl)cc(OCc2ccc(Cl)cc2)c1-c1ccc(Cl)c(C(F)(F)F)c1. The Morgan fingerprint density at radius 2 is 0.587 bits per heavy atom. The summed E-state index contributed by atoms with van der Waals surface area (Å²) >= 11 is 52.9. The Kier molecular flexibility index (Phi) is 34.0. The average Bonchev–Trinajstić information content (AvgIpc) is 1.38. The average molecular weight is 2290 g/mol. The van der Waals surface area contributed by atoms with E-state index in [1.165, 1.54) is 55.6 Å². The van der Waals surface area contributed by atoms with E-state index in [0.717, 1.165) is 66.3 Å². The van der Waals surface area contributed by atoms with Crippen molar-refractivity contribution in [2.24, 2.45) is 14.1 Å². The van der Waals surface area contributed by atoms with E-state index in [1.807, 2.05) is 10.2 Å². The van der Waals surface area contributed by atoms with Crippen LogP contribution in [0, 0.1) is 20.8 Å². The molecule has 0 radical (unpaired) electrons. The van der Waals surface area contributed by atoms with Crippen LogP contribution in [0.3, 0.4) is 0 Å². The third kappa shape index (κ3) is 26.7. The molecule has 16 rings (SSSR count). The third-order valence-corrected chi connectivity index (χ3v) is 24.8. The molecule has 0 fully saturated rings. The fourth-order valence-corrected chi connectivity index (χ4v) is 16.7. The van der Waals surface area contributed by atoms with Crippen molar-refractivity contribution in [1.29, 1.82) is 0 Å². The Bertz CT molecular complexity index is 7680. The molecule has 49 heteroatoms. The molecular formula is C101H65Cl9F24N8O8. The molecule has 0 spiro atoms. The Labute approximate surface area is 877 Å². The highest BCUT2D eigenvalue weighted by Gasteiger charge is 2.43. The maximum Gasteiger partial charge on any atom is 0.435 e. The van der Waals surface area contributed by atoms with E-state index in [9.17, 15) is 126 Å². The maximum atomic E-state index is 13.6. The quantitative estimate of drug-likeness (QED) is 0.0394. The summed E-state index contributed by atoms with van der Waals surface area (Å²) in [6.07, 6.45) is -38.2. The molecule has 12 aromatic carbocycles. The highest BCUT2D eigenvalue weighted by atomic mass is 35.5. The van der Waals surface area contributed by atoms with Crippen LogP contribution in [0.1, 0.15) is 84.0 Å². The fourth-order valence-electron chi connectivity index (χ4n) is 15.0. The summed E-state index contributed by atoms with van der Waals surface area (Å²) in [7, 11) is 2.35. The second-order valence-electron chi connectivity index (χ2n) is 32.7. The van der Waals surface area contributed by atoms with Gasteiger partial charge in [0.15, 0.2) is 5.69 Å². The first-order chi connectivity index (χ1) is 69.8. The van der Waals surface area contributed by atoms with Gasteiger partial charge in [-0.25, -0.2) is 0 Å².